The number of hydrogen-bond acceptors (Lipinski definition) is 6. The van der Waals surface area contributed by atoms with Gasteiger partial charge in [-0.25, -0.2) is 9.78 Å². The Bertz CT molecular complexity index is 643. The molecule has 0 aliphatic rings. The van der Waals surface area contributed by atoms with Crippen LogP contribution in [0.5, 0.6) is 5.75 Å². The zero-order valence-corrected chi connectivity index (χ0v) is 13.7. The van der Waals surface area contributed by atoms with Gasteiger partial charge in [-0.1, -0.05) is 0 Å². The lowest BCUT2D eigenvalue weighted by Crippen LogP contribution is -2.10. The van der Waals surface area contributed by atoms with E-state index in [1.54, 1.807) is 30.0 Å². The van der Waals surface area contributed by atoms with Crippen molar-refractivity contribution in [3.8, 4) is 5.75 Å². The summed E-state index contributed by atoms with van der Waals surface area (Å²) >= 11 is 4.78. The van der Waals surface area contributed by atoms with Gasteiger partial charge in [-0.15, -0.1) is 11.3 Å². The van der Waals surface area contributed by atoms with Crippen LogP contribution in [0.2, 0.25) is 0 Å². The topological polar surface area (TPSA) is 61.3 Å². The Labute approximate surface area is 134 Å². The number of aromatic nitrogens is 2. The molecule has 0 spiro atoms. The van der Waals surface area contributed by atoms with Gasteiger partial charge in [0.2, 0.25) is 0 Å². The SMILES string of the molecule is Cc1ncsc1/C=C/C(=O)OCCOc1cncc(Br)c1. The predicted molar refractivity (Wildman–Crippen MR) is 84.3 cm³/mol. The van der Waals surface area contributed by atoms with Crippen molar-refractivity contribution in [2.45, 2.75) is 6.92 Å². The third-order valence-electron chi connectivity index (χ3n) is 2.43. The van der Waals surface area contributed by atoms with E-state index in [0.717, 1.165) is 15.0 Å². The highest BCUT2D eigenvalue weighted by molar-refractivity contribution is 9.10. The lowest BCUT2D eigenvalue weighted by molar-refractivity contribution is -0.138. The van der Waals surface area contributed by atoms with E-state index in [1.807, 2.05) is 6.92 Å². The molecule has 0 aliphatic carbocycles. The number of nitrogens with zero attached hydrogens (tertiary/aromatic N) is 2. The molecule has 0 aliphatic heterocycles. The summed E-state index contributed by atoms with van der Waals surface area (Å²) in [5.74, 6) is 0.218. The van der Waals surface area contributed by atoms with Crippen molar-refractivity contribution in [3.05, 3.63) is 45.1 Å². The van der Waals surface area contributed by atoms with Crippen LogP contribution in [0.25, 0.3) is 6.08 Å². The summed E-state index contributed by atoms with van der Waals surface area (Å²) in [5, 5.41) is 0. The molecule has 0 N–H and O–H groups in total. The average Bonchev–Trinajstić information content (AvgIpc) is 2.87. The van der Waals surface area contributed by atoms with E-state index in [1.165, 1.54) is 17.4 Å². The molecule has 2 rings (SSSR count). The largest absolute Gasteiger partial charge is 0.488 e. The number of aryl methyl sites for hydroxylation is 1. The third kappa shape index (κ3) is 5.28. The maximum atomic E-state index is 11.5. The van der Waals surface area contributed by atoms with E-state index >= 15 is 0 Å². The quantitative estimate of drug-likeness (QED) is 0.444. The van der Waals surface area contributed by atoms with E-state index in [4.69, 9.17) is 9.47 Å². The predicted octanol–water partition coefficient (Wildman–Crippen LogP) is 3.24. The van der Waals surface area contributed by atoms with E-state index in [9.17, 15) is 4.79 Å². The van der Waals surface area contributed by atoms with Crippen molar-refractivity contribution >= 4 is 39.3 Å². The molecule has 0 saturated carbocycles. The number of carbonyl (C=O) groups excluding carboxylic acids is 1. The standard InChI is InChI=1S/C14H13BrN2O3S/c1-10-13(21-9-17-10)2-3-14(18)20-5-4-19-12-6-11(15)7-16-8-12/h2-3,6-9H,4-5H2,1H3/b3-2+. The molecular weight excluding hydrogens is 356 g/mol. The molecule has 110 valence electrons. The number of ether oxygens (including phenoxy) is 2. The Morgan fingerprint density at radius 2 is 2.29 bits per heavy atom. The molecule has 2 aromatic rings. The molecule has 0 amide bonds. The van der Waals surface area contributed by atoms with Gasteiger partial charge in [-0.3, -0.25) is 4.98 Å². The summed E-state index contributed by atoms with van der Waals surface area (Å²) in [6.45, 7) is 2.34. The van der Waals surface area contributed by atoms with E-state index in [0.29, 0.717) is 5.75 Å². The molecule has 21 heavy (non-hydrogen) atoms. The molecule has 0 atom stereocenters. The lowest BCUT2D eigenvalue weighted by Gasteiger charge is -2.05. The maximum absolute atomic E-state index is 11.5. The minimum absolute atomic E-state index is 0.178. The van der Waals surface area contributed by atoms with E-state index in [-0.39, 0.29) is 13.2 Å². The molecule has 7 heteroatoms. The molecule has 0 saturated heterocycles. The second-order valence-electron chi connectivity index (χ2n) is 3.99. The van der Waals surface area contributed by atoms with Gasteiger partial charge in [0.05, 0.1) is 22.3 Å². The fraction of sp³-hybridized carbons (Fsp3) is 0.214. The van der Waals surface area contributed by atoms with Crippen molar-refractivity contribution in [3.63, 3.8) is 0 Å². The molecular formula is C14H13BrN2O3S. The number of rotatable bonds is 6. The van der Waals surface area contributed by atoms with Gasteiger partial charge in [0.25, 0.3) is 0 Å². The average molecular weight is 369 g/mol. The number of esters is 1. The normalized spacial score (nSPS) is 10.8. The van der Waals surface area contributed by atoms with Gasteiger partial charge in [0.1, 0.15) is 19.0 Å². The van der Waals surface area contributed by atoms with Crippen LogP contribution in [0.15, 0.2) is 34.5 Å². The first-order chi connectivity index (χ1) is 10.1. The fourth-order valence-corrected chi connectivity index (χ4v) is 2.47. The van der Waals surface area contributed by atoms with Gasteiger partial charge in [0, 0.05) is 16.7 Å². The maximum Gasteiger partial charge on any atom is 0.330 e. The van der Waals surface area contributed by atoms with Crippen LogP contribution >= 0.6 is 27.3 Å². The summed E-state index contributed by atoms with van der Waals surface area (Å²) < 4.78 is 11.3. The number of thiazole rings is 1. The van der Waals surface area contributed by atoms with Crippen LogP contribution in [0.4, 0.5) is 0 Å². The number of pyridine rings is 1. The van der Waals surface area contributed by atoms with Crippen molar-refractivity contribution < 1.29 is 14.3 Å². The summed E-state index contributed by atoms with van der Waals surface area (Å²) in [4.78, 5) is 20.5. The van der Waals surface area contributed by atoms with Crippen molar-refractivity contribution in [2.75, 3.05) is 13.2 Å². The summed E-state index contributed by atoms with van der Waals surface area (Å²) in [6, 6.07) is 1.79. The van der Waals surface area contributed by atoms with E-state index < -0.39 is 5.97 Å². The minimum atomic E-state index is -0.404. The Balaban J connectivity index is 1.70. The number of halogens is 1. The van der Waals surface area contributed by atoms with Crippen LogP contribution in [-0.2, 0) is 9.53 Å². The van der Waals surface area contributed by atoms with Crippen LogP contribution in [0, 0.1) is 6.92 Å². The first-order valence-corrected chi connectivity index (χ1v) is 7.80. The van der Waals surface area contributed by atoms with Crippen LogP contribution in [0.3, 0.4) is 0 Å². The lowest BCUT2D eigenvalue weighted by atomic mass is 10.3. The second kappa shape index (κ2) is 7.90. The Morgan fingerprint density at radius 3 is 3.00 bits per heavy atom. The van der Waals surface area contributed by atoms with Gasteiger partial charge in [-0.2, -0.15) is 0 Å². The van der Waals surface area contributed by atoms with Gasteiger partial charge in [0.15, 0.2) is 0 Å². The molecule has 5 nitrogen and oxygen atoms in total. The first kappa shape index (κ1) is 15.7. The number of carbonyl (C=O) groups is 1. The zero-order chi connectivity index (χ0) is 15.1. The first-order valence-electron chi connectivity index (χ1n) is 6.13. The van der Waals surface area contributed by atoms with Crippen LogP contribution in [-0.4, -0.2) is 29.2 Å². The second-order valence-corrected chi connectivity index (χ2v) is 5.79. The van der Waals surface area contributed by atoms with Crippen LogP contribution < -0.4 is 4.74 Å². The molecule has 0 bridgehead atoms. The summed E-state index contributed by atoms with van der Waals surface area (Å²) in [5.41, 5.74) is 2.63. The molecule has 2 heterocycles. The van der Waals surface area contributed by atoms with Crippen LogP contribution in [0.1, 0.15) is 10.6 Å². The zero-order valence-electron chi connectivity index (χ0n) is 11.3. The molecule has 0 unspecified atom stereocenters. The van der Waals surface area contributed by atoms with Crippen molar-refractivity contribution in [1.82, 2.24) is 9.97 Å². The third-order valence-corrected chi connectivity index (χ3v) is 3.76. The Morgan fingerprint density at radius 1 is 1.43 bits per heavy atom. The summed E-state index contributed by atoms with van der Waals surface area (Å²) in [7, 11) is 0. The molecule has 0 aromatic carbocycles. The highest BCUT2D eigenvalue weighted by atomic mass is 79.9. The van der Waals surface area contributed by atoms with Crippen molar-refractivity contribution in [2.24, 2.45) is 0 Å². The Hall–Kier alpha value is -1.73. The van der Waals surface area contributed by atoms with Crippen molar-refractivity contribution in [1.29, 1.82) is 0 Å². The van der Waals surface area contributed by atoms with E-state index in [2.05, 4.69) is 25.9 Å². The molecule has 2 aromatic heterocycles. The van der Waals surface area contributed by atoms with Gasteiger partial charge < -0.3 is 9.47 Å². The monoisotopic (exact) mass is 368 g/mol. The highest BCUT2D eigenvalue weighted by Crippen LogP contribution is 2.15. The van der Waals surface area contributed by atoms with Gasteiger partial charge in [-0.05, 0) is 35.0 Å². The molecule has 0 fully saturated rings. The number of hydrogen-bond donors (Lipinski definition) is 0. The smallest absolute Gasteiger partial charge is 0.330 e. The Kier molecular flexibility index (Phi) is 5.89. The highest BCUT2D eigenvalue weighted by Gasteiger charge is 2.01. The molecule has 0 radical (unpaired) electrons. The summed E-state index contributed by atoms with van der Waals surface area (Å²) in [6.07, 6.45) is 6.35. The van der Waals surface area contributed by atoms with Gasteiger partial charge >= 0.3 is 5.97 Å². The fourth-order valence-electron chi connectivity index (χ4n) is 1.44. The minimum Gasteiger partial charge on any atom is -0.488 e.